The summed E-state index contributed by atoms with van der Waals surface area (Å²) < 4.78 is 2.20. The fourth-order valence-corrected chi connectivity index (χ4v) is 5.41. The van der Waals surface area contributed by atoms with E-state index in [-0.39, 0.29) is 11.9 Å². The zero-order valence-electron chi connectivity index (χ0n) is 15.4. The first-order chi connectivity index (χ1) is 13.2. The fourth-order valence-electron chi connectivity index (χ4n) is 4.48. The number of amides is 1. The number of carbonyl (C=O) groups is 1. The summed E-state index contributed by atoms with van der Waals surface area (Å²) in [6.07, 6.45) is 2.07. The lowest BCUT2D eigenvalue weighted by Gasteiger charge is -2.38. The minimum absolute atomic E-state index is 0.152. The van der Waals surface area contributed by atoms with Crippen LogP contribution in [0.4, 0.5) is 0 Å². The minimum Gasteiger partial charge on any atom is -0.337 e. The van der Waals surface area contributed by atoms with Crippen LogP contribution in [0, 0.1) is 6.92 Å². The second-order valence-corrected chi connectivity index (χ2v) is 8.93. The summed E-state index contributed by atoms with van der Waals surface area (Å²) in [7, 11) is 0. The van der Waals surface area contributed by atoms with Crippen LogP contribution in [0.5, 0.6) is 0 Å². The lowest BCUT2D eigenvalue weighted by Crippen LogP contribution is -2.49. The molecule has 0 bridgehead atoms. The number of hydrogen-bond acceptors (Lipinski definition) is 3. The van der Waals surface area contributed by atoms with Crippen molar-refractivity contribution in [3.05, 3.63) is 81.8 Å². The summed E-state index contributed by atoms with van der Waals surface area (Å²) in [6, 6.07) is 19.3. The van der Waals surface area contributed by atoms with Crippen LogP contribution in [0.3, 0.4) is 0 Å². The number of benzene rings is 1. The van der Waals surface area contributed by atoms with Gasteiger partial charge in [0.2, 0.25) is 0 Å². The first kappa shape index (κ1) is 16.8. The minimum atomic E-state index is 0.152. The van der Waals surface area contributed by atoms with Gasteiger partial charge in [0.15, 0.2) is 0 Å². The predicted molar refractivity (Wildman–Crippen MR) is 108 cm³/mol. The summed E-state index contributed by atoms with van der Waals surface area (Å²) in [5, 5.41) is 0. The van der Waals surface area contributed by atoms with Gasteiger partial charge in [0.05, 0.1) is 12.1 Å². The van der Waals surface area contributed by atoms with Crippen LogP contribution in [0.1, 0.15) is 31.8 Å². The van der Waals surface area contributed by atoms with E-state index in [9.17, 15) is 4.79 Å². The summed E-state index contributed by atoms with van der Waals surface area (Å²) in [4.78, 5) is 20.5. The lowest BCUT2D eigenvalue weighted by molar-refractivity contribution is 0.0556. The Morgan fingerprint density at radius 3 is 2.56 bits per heavy atom. The Bertz CT molecular complexity index is 961. The molecule has 1 fully saturated rings. The number of aromatic nitrogens is 1. The Hall–Kier alpha value is -2.37. The Labute approximate surface area is 163 Å². The van der Waals surface area contributed by atoms with Crippen molar-refractivity contribution in [2.24, 2.45) is 0 Å². The molecule has 5 heteroatoms. The lowest BCUT2D eigenvalue weighted by atomic mass is 10.0. The fraction of sp³-hybridized carbons (Fsp3) is 0.318. The summed E-state index contributed by atoms with van der Waals surface area (Å²) in [6.45, 7) is 5.72. The van der Waals surface area contributed by atoms with Crippen LogP contribution in [0.15, 0.2) is 60.8 Å². The maximum absolute atomic E-state index is 13.2. The molecule has 2 aliphatic heterocycles. The van der Waals surface area contributed by atoms with E-state index in [1.807, 2.05) is 41.7 Å². The summed E-state index contributed by atoms with van der Waals surface area (Å²) in [5.74, 6) is 0.152. The maximum Gasteiger partial charge on any atom is 0.271 e. The van der Waals surface area contributed by atoms with Crippen LogP contribution in [-0.4, -0.2) is 39.4 Å². The van der Waals surface area contributed by atoms with Crippen molar-refractivity contribution in [1.29, 1.82) is 0 Å². The van der Waals surface area contributed by atoms with Gasteiger partial charge in [-0.3, -0.25) is 9.69 Å². The van der Waals surface area contributed by atoms with Gasteiger partial charge in [0.1, 0.15) is 5.69 Å². The first-order valence-corrected chi connectivity index (χ1v) is 10.3. The van der Waals surface area contributed by atoms with Crippen molar-refractivity contribution in [3.63, 3.8) is 0 Å². The molecule has 4 nitrogen and oxygen atoms in total. The van der Waals surface area contributed by atoms with E-state index in [0.717, 1.165) is 25.3 Å². The van der Waals surface area contributed by atoms with Gasteiger partial charge in [-0.2, -0.15) is 0 Å². The monoisotopic (exact) mass is 377 g/mol. The van der Waals surface area contributed by atoms with Crippen molar-refractivity contribution in [3.8, 4) is 0 Å². The SMILES string of the molecule is Cc1ccc(CN2C[C@@H]3[C@@H](C2)n2cccc2C(=O)N3Cc2ccccc2)s1. The molecule has 1 amide bonds. The first-order valence-electron chi connectivity index (χ1n) is 9.48. The third kappa shape index (κ3) is 3.01. The second kappa shape index (κ2) is 6.66. The van der Waals surface area contributed by atoms with E-state index in [0.29, 0.717) is 12.6 Å². The molecule has 2 aromatic heterocycles. The molecule has 0 saturated carbocycles. The highest BCUT2D eigenvalue weighted by atomic mass is 32.1. The number of aryl methyl sites for hydroxylation is 1. The Morgan fingerprint density at radius 2 is 1.78 bits per heavy atom. The van der Waals surface area contributed by atoms with Gasteiger partial charge < -0.3 is 9.47 Å². The topological polar surface area (TPSA) is 28.5 Å². The van der Waals surface area contributed by atoms with Gasteiger partial charge in [0, 0.05) is 42.1 Å². The highest BCUT2D eigenvalue weighted by Gasteiger charge is 2.44. The highest BCUT2D eigenvalue weighted by Crippen LogP contribution is 2.35. The van der Waals surface area contributed by atoms with Crippen molar-refractivity contribution >= 4 is 17.2 Å². The number of likely N-dealkylation sites (tertiary alicyclic amines) is 1. The van der Waals surface area contributed by atoms with Crippen molar-refractivity contribution in [2.45, 2.75) is 32.1 Å². The molecule has 0 N–H and O–H groups in total. The zero-order valence-corrected chi connectivity index (χ0v) is 16.2. The molecule has 4 heterocycles. The number of rotatable bonds is 4. The number of thiophene rings is 1. The maximum atomic E-state index is 13.2. The van der Waals surface area contributed by atoms with Crippen molar-refractivity contribution in [1.82, 2.24) is 14.4 Å². The molecule has 2 aliphatic rings. The number of nitrogens with zero attached hydrogens (tertiary/aromatic N) is 3. The highest BCUT2D eigenvalue weighted by molar-refractivity contribution is 7.11. The summed E-state index contributed by atoms with van der Waals surface area (Å²) in [5.41, 5.74) is 2.01. The average Bonchev–Trinajstić information content (AvgIpc) is 3.39. The number of carbonyl (C=O) groups excluding carboxylic acids is 1. The van der Waals surface area contributed by atoms with Gasteiger partial charge in [0.25, 0.3) is 5.91 Å². The molecule has 1 aromatic carbocycles. The van der Waals surface area contributed by atoms with E-state index in [1.54, 1.807) is 0 Å². The molecule has 138 valence electrons. The summed E-state index contributed by atoms with van der Waals surface area (Å²) >= 11 is 1.87. The van der Waals surface area contributed by atoms with Gasteiger partial charge >= 0.3 is 0 Å². The third-order valence-corrected chi connectivity index (χ3v) is 6.71. The molecule has 2 atom stereocenters. The van der Waals surface area contributed by atoms with Crippen LogP contribution < -0.4 is 0 Å². The largest absolute Gasteiger partial charge is 0.337 e. The quantitative estimate of drug-likeness (QED) is 0.689. The smallest absolute Gasteiger partial charge is 0.271 e. The molecule has 0 unspecified atom stereocenters. The van der Waals surface area contributed by atoms with E-state index in [4.69, 9.17) is 0 Å². The van der Waals surface area contributed by atoms with Gasteiger partial charge in [-0.05, 0) is 36.8 Å². The predicted octanol–water partition coefficient (Wildman–Crippen LogP) is 3.94. The molecule has 0 radical (unpaired) electrons. The van der Waals surface area contributed by atoms with Crippen molar-refractivity contribution < 1.29 is 4.79 Å². The number of fused-ring (bicyclic) bond motifs is 3. The van der Waals surface area contributed by atoms with Gasteiger partial charge in [-0.25, -0.2) is 0 Å². The Morgan fingerprint density at radius 1 is 0.963 bits per heavy atom. The average molecular weight is 378 g/mol. The molecule has 5 rings (SSSR count). The van der Waals surface area contributed by atoms with Crippen molar-refractivity contribution in [2.75, 3.05) is 13.1 Å². The molecular weight excluding hydrogens is 354 g/mol. The second-order valence-electron chi connectivity index (χ2n) is 7.56. The zero-order chi connectivity index (χ0) is 18.4. The van der Waals surface area contributed by atoms with E-state index >= 15 is 0 Å². The Kier molecular flexibility index (Phi) is 4.14. The number of hydrogen-bond donors (Lipinski definition) is 0. The van der Waals surface area contributed by atoms with E-state index in [1.165, 1.54) is 15.3 Å². The van der Waals surface area contributed by atoms with Crippen LogP contribution in [0.25, 0.3) is 0 Å². The molecular formula is C22H23N3OS. The van der Waals surface area contributed by atoms with Crippen LogP contribution in [0.2, 0.25) is 0 Å². The van der Waals surface area contributed by atoms with Gasteiger partial charge in [-0.15, -0.1) is 11.3 Å². The molecule has 1 saturated heterocycles. The molecule has 27 heavy (non-hydrogen) atoms. The van der Waals surface area contributed by atoms with Crippen LogP contribution in [-0.2, 0) is 13.1 Å². The van der Waals surface area contributed by atoms with E-state index in [2.05, 4.69) is 51.8 Å². The standard InChI is InChI=1S/C22H23N3OS/c1-16-9-10-18(27-16)13-23-14-20-21(15-23)25(12-17-6-3-2-4-7-17)22(26)19-8-5-11-24(19)20/h2-11,20-21H,12-15H2,1H3/t20-,21-/m1/s1. The van der Waals surface area contributed by atoms with E-state index < -0.39 is 0 Å². The molecule has 0 spiro atoms. The van der Waals surface area contributed by atoms with Crippen LogP contribution >= 0.6 is 11.3 Å². The normalized spacial score (nSPS) is 22.1. The van der Waals surface area contributed by atoms with Gasteiger partial charge in [-0.1, -0.05) is 30.3 Å². The molecule has 3 aromatic rings. The third-order valence-electron chi connectivity index (χ3n) is 5.72. The molecule has 0 aliphatic carbocycles. The Balaban J connectivity index is 1.43.